The van der Waals surface area contributed by atoms with Crippen LogP contribution in [0.5, 0.6) is 5.75 Å². The van der Waals surface area contributed by atoms with Gasteiger partial charge in [-0.15, -0.1) is 6.58 Å². The molecule has 2 aromatic carbocycles. The third-order valence-electron chi connectivity index (χ3n) is 4.00. The van der Waals surface area contributed by atoms with Crippen molar-refractivity contribution in [2.24, 2.45) is 0 Å². The lowest BCUT2D eigenvalue weighted by atomic mass is 10.1. The van der Waals surface area contributed by atoms with Gasteiger partial charge in [0.05, 0.1) is 36.4 Å². The van der Waals surface area contributed by atoms with Gasteiger partial charge in [-0.3, -0.25) is 4.31 Å². The van der Waals surface area contributed by atoms with Gasteiger partial charge >= 0.3 is 5.97 Å². The van der Waals surface area contributed by atoms with Crippen LogP contribution < -0.4 is 9.04 Å². The summed E-state index contributed by atoms with van der Waals surface area (Å²) in [5, 5.41) is 0. The second-order valence-corrected chi connectivity index (χ2v) is 7.53. The number of carbonyl (C=O) groups is 1. The highest BCUT2D eigenvalue weighted by molar-refractivity contribution is 7.92. The van der Waals surface area contributed by atoms with Gasteiger partial charge in [-0.1, -0.05) is 12.1 Å². The Bertz CT molecular complexity index is 920. The lowest BCUT2D eigenvalue weighted by Crippen LogP contribution is -2.32. The first-order valence-electron chi connectivity index (χ1n) is 8.41. The highest BCUT2D eigenvalue weighted by Crippen LogP contribution is 2.29. The van der Waals surface area contributed by atoms with Crippen molar-refractivity contribution in [3.05, 3.63) is 66.2 Å². The van der Waals surface area contributed by atoms with Gasteiger partial charge in [0, 0.05) is 0 Å². The van der Waals surface area contributed by atoms with Crippen LogP contribution in [0.15, 0.2) is 60.0 Å². The zero-order valence-corrected chi connectivity index (χ0v) is 16.5. The minimum absolute atomic E-state index is 0.0566. The summed E-state index contributed by atoms with van der Waals surface area (Å²) in [6.45, 7) is 7.75. The monoisotopic (exact) mass is 389 g/mol. The molecule has 0 atom stereocenters. The van der Waals surface area contributed by atoms with E-state index in [1.54, 1.807) is 37.3 Å². The van der Waals surface area contributed by atoms with Crippen LogP contribution >= 0.6 is 0 Å². The zero-order valence-electron chi connectivity index (χ0n) is 15.6. The van der Waals surface area contributed by atoms with Gasteiger partial charge in [-0.2, -0.15) is 0 Å². The van der Waals surface area contributed by atoms with Gasteiger partial charge in [0.25, 0.3) is 10.0 Å². The second-order valence-electron chi connectivity index (χ2n) is 5.67. The van der Waals surface area contributed by atoms with Crippen molar-refractivity contribution in [1.82, 2.24) is 0 Å². The number of rotatable bonds is 8. The Morgan fingerprint density at radius 1 is 1.19 bits per heavy atom. The van der Waals surface area contributed by atoms with Crippen LogP contribution in [0.2, 0.25) is 0 Å². The fourth-order valence-corrected chi connectivity index (χ4v) is 4.16. The number of nitrogens with zero attached hydrogens (tertiary/aromatic N) is 1. The van der Waals surface area contributed by atoms with Crippen LogP contribution in [0.1, 0.15) is 22.8 Å². The first kappa shape index (κ1) is 20.5. The molecule has 0 aliphatic heterocycles. The number of hydrogen-bond donors (Lipinski definition) is 0. The third kappa shape index (κ3) is 4.31. The molecule has 0 fully saturated rings. The predicted molar refractivity (Wildman–Crippen MR) is 105 cm³/mol. The molecule has 0 heterocycles. The molecule has 0 N–H and O–H groups in total. The van der Waals surface area contributed by atoms with Crippen LogP contribution in [0.3, 0.4) is 0 Å². The van der Waals surface area contributed by atoms with Crippen molar-refractivity contribution >= 4 is 21.7 Å². The first-order valence-corrected chi connectivity index (χ1v) is 9.85. The molecule has 27 heavy (non-hydrogen) atoms. The number of hydrogen-bond acceptors (Lipinski definition) is 5. The molecule has 6 nitrogen and oxygen atoms in total. The van der Waals surface area contributed by atoms with E-state index in [1.165, 1.54) is 29.6 Å². The van der Waals surface area contributed by atoms with Crippen molar-refractivity contribution in [2.75, 3.05) is 24.6 Å². The van der Waals surface area contributed by atoms with E-state index in [0.29, 0.717) is 29.2 Å². The Kier molecular flexibility index (Phi) is 6.63. The van der Waals surface area contributed by atoms with Gasteiger partial charge in [0.2, 0.25) is 0 Å². The molecule has 2 aromatic rings. The lowest BCUT2D eigenvalue weighted by molar-refractivity contribution is 0.0600. The lowest BCUT2D eigenvalue weighted by Gasteiger charge is -2.25. The number of anilines is 1. The van der Waals surface area contributed by atoms with Crippen molar-refractivity contribution in [3.63, 3.8) is 0 Å². The van der Waals surface area contributed by atoms with Gasteiger partial charge in [0.15, 0.2) is 0 Å². The van der Waals surface area contributed by atoms with E-state index in [2.05, 4.69) is 6.58 Å². The topological polar surface area (TPSA) is 72.9 Å². The molecule has 0 aliphatic rings. The van der Waals surface area contributed by atoms with Crippen molar-refractivity contribution in [2.45, 2.75) is 18.7 Å². The molecule has 144 valence electrons. The molecule has 0 saturated carbocycles. The van der Waals surface area contributed by atoms with Crippen LogP contribution in [-0.4, -0.2) is 34.6 Å². The van der Waals surface area contributed by atoms with Gasteiger partial charge in [-0.05, 0) is 55.8 Å². The third-order valence-corrected chi connectivity index (χ3v) is 5.79. The zero-order chi connectivity index (χ0) is 20.0. The summed E-state index contributed by atoms with van der Waals surface area (Å²) in [6, 6.07) is 11.1. The Morgan fingerprint density at radius 2 is 1.85 bits per heavy atom. The number of benzene rings is 2. The maximum absolute atomic E-state index is 13.2. The van der Waals surface area contributed by atoms with Gasteiger partial charge < -0.3 is 9.47 Å². The van der Waals surface area contributed by atoms with E-state index in [1.807, 2.05) is 6.92 Å². The number of esters is 1. The number of methoxy groups -OCH3 is 1. The molecular weight excluding hydrogens is 366 g/mol. The summed E-state index contributed by atoms with van der Waals surface area (Å²) >= 11 is 0. The Balaban J connectivity index is 2.53. The summed E-state index contributed by atoms with van der Waals surface area (Å²) in [6.07, 6.45) is 1.50. The molecule has 0 radical (unpaired) electrons. The molecule has 0 aliphatic carbocycles. The van der Waals surface area contributed by atoms with Crippen molar-refractivity contribution in [3.8, 4) is 5.75 Å². The molecule has 7 heteroatoms. The van der Waals surface area contributed by atoms with E-state index in [9.17, 15) is 13.2 Å². The predicted octanol–water partition coefficient (Wildman–Crippen LogP) is 3.56. The van der Waals surface area contributed by atoms with Crippen LogP contribution in [0, 0.1) is 6.92 Å². The van der Waals surface area contributed by atoms with E-state index < -0.39 is 16.0 Å². The maximum Gasteiger partial charge on any atom is 0.338 e. The fraction of sp³-hybridized carbons (Fsp3) is 0.250. The quantitative estimate of drug-likeness (QED) is 0.510. The molecule has 0 bridgehead atoms. The first-order chi connectivity index (χ1) is 12.9. The largest absolute Gasteiger partial charge is 0.494 e. The highest BCUT2D eigenvalue weighted by Gasteiger charge is 2.26. The molecule has 0 spiro atoms. The normalized spacial score (nSPS) is 10.9. The fourth-order valence-electron chi connectivity index (χ4n) is 2.67. The summed E-state index contributed by atoms with van der Waals surface area (Å²) in [5.41, 5.74) is 1.22. The smallest absolute Gasteiger partial charge is 0.338 e. The average molecular weight is 389 g/mol. The molecule has 0 aromatic heterocycles. The van der Waals surface area contributed by atoms with E-state index in [0.717, 1.165) is 0 Å². The van der Waals surface area contributed by atoms with Crippen LogP contribution in [0.25, 0.3) is 0 Å². The van der Waals surface area contributed by atoms with Crippen molar-refractivity contribution < 1.29 is 22.7 Å². The summed E-state index contributed by atoms with van der Waals surface area (Å²) in [5.74, 6) is 0.0713. The second kappa shape index (κ2) is 8.73. The van der Waals surface area contributed by atoms with Crippen molar-refractivity contribution in [1.29, 1.82) is 0 Å². The average Bonchev–Trinajstić information content (AvgIpc) is 2.66. The number of sulfonamides is 1. The summed E-state index contributed by atoms with van der Waals surface area (Å²) in [4.78, 5) is 12.1. The van der Waals surface area contributed by atoms with E-state index >= 15 is 0 Å². The standard InChI is InChI=1S/C20H23NO5S/c1-5-14-21(19-9-7-8-18(15(19)3)20(22)25-4)27(23,24)17-12-10-16(11-13-17)26-6-2/h5,7-13H,1,6,14H2,2-4H3. The summed E-state index contributed by atoms with van der Waals surface area (Å²) in [7, 11) is -2.58. The van der Waals surface area contributed by atoms with Gasteiger partial charge in [-0.25, -0.2) is 13.2 Å². The molecule has 0 saturated heterocycles. The molecule has 0 unspecified atom stereocenters. The summed E-state index contributed by atoms with van der Waals surface area (Å²) < 4.78 is 37.8. The highest BCUT2D eigenvalue weighted by atomic mass is 32.2. The minimum Gasteiger partial charge on any atom is -0.494 e. The number of ether oxygens (including phenoxy) is 2. The Labute approximate surface area is 160 Å². The minimum atomic E-state index is -3.87. The molecule has 2 rings (SSSR count). The van der Waals surface area contributed by atoms with Gasteiger partial charge in [0.1, 0.15) is 5.75 Å². The molecular formula is C20H23NO5S. The van der Waals surface area contributed by atoms with E-state index in [-0.39, 0.29) is 11.4 Å². The van der Waals surface area contributed by atoms with E-state index in [4.69, 9.17) is 9.47 Å². The Hall–Kier alpha value is -2.80. The van der Waals surface area contributed by atoms with Crippen LogP contribution in [0.4, 0.5) is 5.69 Å². The van der Waals surface area contributed by atoms with Crippen LogP contribution in [-0.2, 0) is 14.8 Å². The number of carbonyl (C=O) groups excluding carboxylic acids is 1. The Morgan fingerprint density at radius 3 is 2.41 bits per heavy atom. The molecule has 0 amide bonds. The SMILES string of the molecule is C=CCN(c1cccc(C(=O)OC)c1C)S(=O)(=O)c1ccc(OCC)cc1. The maximum atomic E-state index is 13.2.